The molecule has 0 saturated heterocycles. The van der Waals surface area contributed by atoms with Gasteiger partial charge in [-0.15, -0.1) is 0 Å². The van der Waals surface area contributed by atoms with Gasteiger partial charge in [-0.3, -0.25) is 14.4 Å². The normalized spacial score (nSPS) is 29.5. The number of halogens is 1. The van der Waals surface area contributed by atoms with Crippen molar-refractivity contribution in [2.75, 3.05) is 14.2 Å². The van der Waals surface area contributed by atoms with Crippen molar-refractivity contribution in [3.8, 4) is 0 Å². The number of fused-ring (bicyclic) bond motifs is 2. The second-order valence-electron chi connectivity index (χ2n) is 11.9. The molecule has 0 radical (unpaired) electrons. The zero-order valence-electron chi connectivity index (χ0n) is 27.5. The number of carbonyl (C=O) groups excluding carboxylic acids is 4. The van der Waals surface area contributed by atoms with Gasteiger partial charge >= 0.3 is 6.09 Å². The number of nitrogens with two attached hydrogens (primary N) is 1. The van der Waals surface area contributed by atoms with E-state index in [4.69, 9.17) is 31.5 Å². The molecule has 1 aliphatic heterocycles. The van der Waals surface area contributed by atoms with Crippen molar-refractivity contribution in [3.05, 3.63) is 93.3 Å². The van der Waals surface area contributed by atoms with E-state index >= 15 is 0 Å². The number of aliphatic hydroxyl groups is 1. The molecule has 254 valence electrons. The number of hydrogen-bond acceptors (Lipinski definition) is 9. The molecule has 11 nitrogen and oxygen atoms in total. The van der Waals surface area contributed by atoms with Crippen molar-refractivity contribution in [2.45, 2.75) is 71.5 Å². The van der Waals surface area contributed by atoms with Gasteiger partial charge in [-0.1, -0.05) is 61.9 Å². The maximum atomic E-state index is 13.8. The summed E-state index contributed by atoms with van der Waals surface area (Å²) in [5.74, 6) is -2.22. The van der Waals surface area contributed by atoms with Crippen LogP contribution >= 0.6 is 11.6 Å². The predicted octanol–water partition coefficient (Wildman–Crippen LogP) is 4.21. The van der Waals surface area contributed by atoms with Gasteiger partial charge in [-0.2, -0.15) is 0 Å². The van der Waals surface area contributed by atoms with Gasteiger partial charge < -0.3 is 35.7 Å². The number of primary amides is 1. The number of methoxy groups -OCH3 is 2. The van der Waals surface area contributed by atoms with Crippen LogP contribution < -0.4 is 16.4 Å². The number of carbonyl (C=O) groups is 4. The van der Waals surface area contributed by atoms with Crippen molar-refractivity contribution in [1.82, 2.24) is 10.6 Å². The average molecular weight is 670 g/mol. The third-order valence-electron chi connectivity index (χ3n) is 8.18. The molecule has 1 aromatic carbocycles. The molecule has 2 aliphatic rings. The van der Waals surface area contributed by atoms with Gasteiger partial charge in [0.05, 0.1) is 23.6 Å². The van der Waals surface area contributed by atoms with Crippen molar-refractivity contribution in [3.63, 3.8) is 0 Å². The van der Waals surface area contributed by atoms with Gasteiger partial charge in [0, 0.05) is 48.9 Å². The lowest BCUT2D eigenvalue weighted by Gasteiger charge is -2.30. The second kappa shape index (κ2) is 17.2. The van der Waals surface area contributed by atoms with Crippen molar-refractivity contribution >= 4 is 35.2 Å². The fourth-order valence-electron chi connectivity index (χ4n) is 5.57. The molecule has 0 fully saturated rings. The van der Waals surface area contributed by atoms with Crippen molar-refractivity contribution in [2.24, 2.45) is 17.6 Å². The summed E-state index contributed by atoms with van der Waals surface area (Å²) >= 11 is 6.01. The standard InChI is InChI=1S/C35H44ClN3O8/c1-19-14-25-30(38-18-23-10-12-24(36)13-11-23)27(40)17-26(32(25)42)39-34(43)20(2)8-7-9-28(45-5)33(47-35(37)44)22(4)16-21(3)31(41)29(15-19)46-6/h7-13,16-17,19,21,28-29,31,33,38,41H,14-15,18H2,1-6H3,(H2,37,44)(H,39,43)/b9-7-,20-8+,22-16+/t19-,21+,28+,29+,31-,33+/m1/s1. The molecule has 0 spiro atoms. The van der Waals surface area contributed by atoms with E-state index in [1.165, 1.54) is 20.3 Å². The summed E-state index contributed by atoms with van der Waals surface area (Å²) in [6.45, 7) is 7.24. The Morgan fingerprint density at radius 1 is 1.11 bits per heavy atom. The molecule has 47 heavy (non-hydrogen) atoms. The van der Waals surface area contributed by atoms with Crippen LogP contribution in [0.3, 0.4) is 0 Å². The molecule has 1 heterocycles. The van der Waals surface area contributed by atoms with E-state index in [1.54, 1.807) is 51.1 Å². The molecule has 2 bridgehead atoms. The Balaban J connectivity index is 2.06. The van der Waals surface area contributed by atoms with Crippen LogP contribution in [-0.2, 0) is 35.1 Å². The first-order chi connectivity index (χ1) is 22.2. The van der Waals surface area contributed by atoms with E-state index in [0.29, 0.717) is 17.0 Å². The number of rotatable bonds is 6. The van der Waals surface area contributed by atoms with Gasteiger partial charge in [0.15, 0.2) is 6.10 Å². The Kier molecular flexibility index (Phi) is 13.7. The molecule has 0 aromatic heterocycles. The summed E-state index contributed by atoms with van der Waals surface area (Å²) in [7, 11) is 2.92. The minimum absolute atomic E-state index is 0.142. The third-order valence-corrected chi connectivity index (χ3v) is 8.43. The van der Waals surface area contributed by atoms with E-state index in [1.807, 2.05) is 19.1 Å². The number of nitrogens with one attached hydrogen (secondary N) is 2. The summed E-state index contributed by atoms with van der Waals surface area (Å²) < 4.78 is 16.7. The first kappa shape index (κ1) is 37.4. The van der Waals surface area contributed by atoms with Crippen LogP contribution in [0.2, 0.25) is 5.02 Å². The van der Waals surface area contributed by atoms with Crippen LogP contribution in [0.5, 0.6) is 0 Å². The smallest absolute Gasteiger partial charge is 0.405 e. The number of Topliss-reactive ketones (excluding diaryl/α,β-unsaturated/α-hetero) is 1. The van der Waals surface area contributed by atoms with E-state index in [-0.39, 0.29) is 41.4 Å². The van der Waals surface area contributed by atoms with Gasteiger partial charge in [0.2, 0.25) is 11.6 Å². The molecular weight excluding hydrogens is 626 g/mol. The number of allylic oxidation sites excluding steroid dienone is 4. The van der Waals surface area contributed by atoms with E-state index in [2.05, 4.69) is 10.6 Å². The molecule has 0 unspecified atom stereocenters. The van der Waals surface area contributed by atoms with Crippen LogP contribution in [0.4, 0.5) is 4.79 Å². The summed E-state index contributed by atoms with van der Waals surface area (Å²) in [5, 5.41) is 17.6. The maximum Gasteiger partial charge on any atom is 0.405 e. The minimum atomic E-state index is -1.01. The number of hydrogen-bond donors (Lipinski definition) is 4. The lowest BCUT2D eigenvalue weighted by Crippen LogP contribution is -2.37. The number of benzene rings is 1. The van der Waals surface area contributed by atoms with E-state index in [0.717, 1.165) is 11.6 Å². The Morgan fingerprint density at radius 3 is 2.40 bits per heavy atom. The van der Waals surface area contributed by atoms with Gasteiger partial charge in [0.25, 0.3) is 5.91 Å². The summed E-state index contributed by atoms with van der Waals surface area (Å²) in [4.78, 5) is 52.2. The Labute approximate surface area is 280 Å². The van der Waals surface area contributed by atoms with Crippen LogP contribution in [0.25, 0.3) is 0 Å². The lowest BCUT2D eigenvalue weighted by atomic mass is 9.85. The fraction of sp³-hybridized carbons (Fsp3) is 0.429. The molecule has 3 rings (SSSR count). The predicted molar refractivity (Wildman–Crippen MR) is 178 cm³/mol. The van der Waals surface area contributed by atoms with Gasteiger partial charge in [-0.25, -0.2) is 4.79 Å². The van der Waals surface area contributed by atoms with Crippen LogP contribution in [0.15, 0.2) is 82.8 Å². The monoisotopic (exact) mass is 669 g/mol. The molecule has 2 amide bonds. The highest BCUT2D eigenvalue weighted by molar-refractivity contribution is 6.30. The topological polar surface area (TPSA) is 166 Å². The zero-order valence-corrected chi connectivity index (χ0v) is 28.3. The van der Waals surface area contributed by atoms with E-state index in [9.17, 15) is 24.3 Å². The Morgan fingerprint density at radius 2 is 1.79 bits per heavy atom. The van der Waals surface area contributed by atoms with Crippen LogP contribution in [0, 0.1) is 11.8 Å². The number of ether oxygens (including phenoxy) is 3. The highest BCUT2D eigenvalue weighted by Crippen LogP contribution is 2.29. The van der Waals surface area contributed by atoms with E-state index < -0.39 is 53.9 Å². The second-order valence-corrected chi connectivity index (χ2v) is 12.3. The third kappa shape index (κ3) is 10.2. The van der Waals surface area contributed by atoms with Crippen molar-refractivity contribution in [1.29, 1.82) is 0 Å². The highest BCUT2D eigenvalue weighted by Gasteiger charge is 2.33. The SMILES string of the molecule is CO[C@H]1/C=C\C=C(/C)C(=O)NC2=CC(=O)C(NCc3ccc(Cl)cc3)=C(C[C@@H](C)C[C@H](OC)[C@H](O)[C@@H](C)/C=C(\C)[C@@H]1OC(N)=O)C2=O. The molecule has 1 aromatic rings. The van der Waals surface area contributed by atoms with Crippen LogP contribution in [0.1, 0.15) is 46.1 Å². The van der Waals surface area contributed by atoms with Gasteiger partial charge in [-0.05, 0) is 55.9 Å². The number of aliphatic hydroxyl groups excluding tert-OH is 1. The lowest BCUT2D eigenvalue weighted by molar-refractivity contribution is -0.120. The molecule has 0 saturated carbocycles. The number of amides is 2. The maximum absolute atomic E-state index is 13.8. The van der Waals surface area contributed by atoms with Crippen molar-refractivity contribution < 1.29 is 38.5 Å². The summed E-state index contributed by atoms with van der Waals surface area (Å²) in [6, 6.07) is 7.10. The number of ketones is 2. The zero-order chi connectivity index (χ0) is 34.8. The van der Waals surface area contributed by atoms with Gasteiger partial charge in [0.1, 0.15) is 6.10 Å². The van der Waals surface area contributed by atoms with Crippen LogP contribution in [-0.4, -0.2) is 67.3 Å². The average Bonchev–Trinajstić information content (AvgIpc) is 3.02. The molecule has 12 heteroatoms. The molecule has 1 aliphatic carbocycles. The quantitative estimate of drug-likeness (QED) is 0.256. The Hall–Kier alpha value is -4.03. The fourth-order valence-corrected chi connectivity index (χ4v) is 5.70. The minimum Gasteiger partial charge on any atom is -0.439 e. The summed E-state index contributed by atoms with van der Waals surface area (Å²) in [5.41, 5.74) is 7.25. The first-order valence-corrected chi connectivity index (χ1v) is 15.7. The first-order valence-electron chi connectivity index (χ1n) is 15.3. The largest absolute Gasteiger partial charge is 0.439 e. The molecular formula is C35H44ClN3O8. The highest BCUT2D eigenvalue weighted by atomic mass is 35.5. The Bertz CT molecular complexity index is 1490. The molecule has 5 N–H and O–H groups in total. The molecule has 6 atom stereocenters. The summed E-state index contributed by atoms with van der Waals surface area (Å²) in [6.07, 6.45) is 3.67.